The lowest BCUT2D eigenvalue weighted by atomic mass is 10.1. The third-order valence-corrected chi connectivity index (χ3v) is 4.15. The van der Waals surface area contributed by atoms with Crippen molar-refractivity contribution < 1.29 is 14.7 Å². The van der Waals surface area contributed by atoms with Gasteiger partial charge in [-0.25, -0.2) is 4.79 Å². The van der Waals surface area contributed by atoms with Crippen LogP contribution in [0, 0.1) is 0 Å². The van der Waals surface area contributed by atoms with Crippen LogP contribution in [0.1, 0.15) is 35.3 Å². The summed E-state index contributed by atoms with van der Waals surface area (Å²) in [5, 5.41) is 9.39. The number of hydrogen-bond acceptors (Lipinski definition) is 3. The van der Waals surface area contributed by atoms with Gasteiger partial charge >= 0.3 is 5.97 Å². The minimum atomic E-state index is -0.928. The highest BCUT2D eigenvalue weighted by Gasteiger charge is 2.24. The molecule has 0 spiro atoms. The minimum Gasteiger partial charge on any atom is -0.478 e. The first-order valence-corrected chi connectivity index (χ1v) is 7.26. The van der Waals surface area contributed by atoms with Crippen LogP contribution in [0.4, 0.5) is 0 Å². The molecular formula is C14H17NO3S. The second-order valence-electron chi connectivity index (χ2n) is 4.90. The van der Waals surface area contributed by atoms with Crippen LogP contribution in [0.2, 0.25) is 0 Å². The highest BCUT2D eigenvalue weighted by atomic mass is 32.2. The molecule has 19 heavy (non-hydrogen) atoms. The molecule has 0 unspecified atom stereocenters. The van der Waals surface area contributed by atoms with Crippen molar-refractivity contribution in [3.8, 4) is 0 Å². The molecule has 5 heteroatoms. The van der Waals surface area contributed by atoms with Crippen LogP contribution < -0.4 is 0 Å². The third kappa shape index (κ3) is 3.29. The maximum atomic E-state index is 12.0. The summed E-state index contributed by atoms with van der Waals surface area (Å²) in [5.74, 6) is -0.327. The molecule has 0 aliphatic carbocycles. The molecule has 0 aromatic heterocycles. The highest BCUT2D eigenvalue weighted by molar-refractivity contribution is 8.00. The number of carboxylic acids is 1. The van der Waals surface area contributed by atoms with E-state index >= 15 is 0 Å². The van der Waals surface area contributed by atoms with Crippen LogP contribution >= 0.6 is 11.8 Å². The number of thioether (sulfide) groups is 1. The maximum absolute atomic E-state index is 12.0. The topological polar surface area (TPSA) is 57.6 Å². The Morgan fingerprint density at radius 3 is 2.63 bits per heavy atom. The first-order chi connectivity index (χ1) is 8.97. The van der Waals surface area contributed by atoms with Gasteiger partial charge in [-0.1, -0.05) is 19.9 Å². The largest absolute Gasteiger partial charge is 0.478 e. The van der Waals surface area contributed by atoms with Gasteiger partial charge in [-0.15, -0.1) is 11.8 Å². The fourth-order valence-corrected chi connectivity index (χ4v) is 2.69. The van der Waals surface area contributed by atoms with Gasteiger partial charge in [-0.2, -0.15) is 0 Å². The Balaban J connectivity index is 2.03. The Hall–Kier alpha value is -1.49. The third-order valence-electron chi connectivity index (χ3n) is 3.07. The first kappa shape index (κ1) is 13.9. The van der Waals surface area contributed by atoms with Gasteiger partial charge in [0.15, 0.2) is 0 Å². The second-order valence-corrected chi connectivity index (χ2v) is 6.46. The molecule has 1 amide bonds. The Bertz CT molecular complexity index is 513. The number of nitrogens with zero attached hydrogens (tertiary/aromatic N) is 1. The van der Waals surface area contributed by atoms with Gasteiger partial charge in [-0.05, 0) is 28.5 Å². The van der Waals surface area contributed by atoms with E-state index in [9.17, 15) is 9.59 Å². The summed E-state index contributed by atoms with van der Waals surface area (Å²) in [4.78, 5) is 24.7. The molecule has 1 N–H and O–H groups in total. The molecule has 0 radical (unpaired) electrons. The van der Waals surface area contributed by atoms with Crippen LogP contribution in [0.15, 0.2) is 18.2 Å². The van der Waals surface area contributed by atoms with Crippen LogP contribution in [0.3, 0.4) is 0 Å². The van der Waals surface area contributed by atoms with Gasteiger partial charge in [0.1, 0.15) is 0 Å². The van der Waals surface area contributed by atoms with Crippen molar-refractivity contribution in [1.29, 1.82) is 0 Å². The number of rotatable bonds is 4. The van der Waals surface area contributed by atoms with Crippen LogP contribution in [0.5, 0.6) is 0 Å². The maximum Gasteiger partial charge on any atom is 0.335 e. The predicted octanol–water partition coefficient (Wildman–Crippen LogP) is 2.37. The summed E-state index contributed by atoms with van der Waals surface area (Å²) < 4.78 is 0. The molecule has 2 rings (SSSR count). The molecule has 0 saturated carbocycles. The number of fused-ring (bicyclic) bond motifs is 1. The zero-order valence-electron chi connectivity index (χ0n) is 11.0. The van der Waals surface area contributed by atoms with Crippen LogP contribution in [0.25, 0.3) is 0 Å². The number of carbonyl (C=O) groups is 2. The second kappa shape index (κ2) is 5.65. The van der Waals surface area contributed by atoms with Gasteiger partial charge < -0.3 is 10.0 Å². The molecule has 1 aliphatic rings. The highest BCUT2D eigenvalue weighted by Crippen LogP contribution is 2.25. The number of carbonyl (C=O) groups excluding carboxylic acids is 1. The van der Waals surface area contributed by atoms with Crippen LogP contribution in [-0.4, -0.2) is 32.9 Å². The average Bonchev–Trinajstić information content (AvgIpc) is 2.78. The summed E-state index contributed by atoms with van der Waals surface area (Å²) in [6, 6.07) is 5.07. The lowest BCUT2D eigenvalue weighted by Crippen LogP contribution is -2.27. The Morgan fingerprint density at radius 2 is 2.00 bits per heavy atom. The fourth-order valence-electron chi connectivity index (χ4n) is 2.03. The molecule has 4 nitrogen and oxygen atoms in total. The van der Waals surface area contributed by atoms with Crippen molar-refractivity contribution >= 4 is 23.6 Å². The summed E-state index contributed by atoms with van der Waals surface area (Å²) >= 11 is 1.63. The summed E-state index contributed by atoms with van der Waals surface area (Å²) in [6.45, 7) is 5.24. The van der Waals surface area contributed by atoms with E-state index < -0.39 is 5.97 Å². The number of amides is 1. The van der Waals surface area contributed by atoms with Crippen molar-refractivity contribution in [2.45, 2.75) is 32.2 Å². The average molecular weight is 279 g/mol. The van der Waals surface area contributed by atoms with Crippen molar-refractivity contribution in [2.24, 2.45) is 0 Å². The van der Waals surface area contributed by atoms with E-state index in [-0.39, 0.29) is 11.5 Å². The molecule has 1 aromatic carbocycles. The Kier molecular flexibility index (Phi) is 4.14. The summed E-state index contributed by atoms with van der Waals surface area (Å²) in [5.41, 5.74) is 2.28. The SMILES string of the molecule is CC(C)SCC(=O)N1Cc2ccc(C(=O)O)cc2C1. The molecule has 0 fully saturated rings. The first-order valence-electron chi connectivity index (χ1n) is 6.22. The summed E-state index contributed by atoms with van der Waals surface area (Å²) in [6.07, 6.45) is 0. The van der Waals surface area contributed by atoms with Crippen molar-refractivity contribution in [3.63, 3.8) is 0 Å². The van der Waals surface area contributed by atoms with Crippen LogP contribution in [-0.2, 0) is 17.9 Å². The molecule has 0 saturated heterocycles. The van der Waals surface area contributed by atoms with E-state index in [1.165, 1.54) is 0 Å². The number of carboxylic acid groups (broad SMARTS) is 1. The quantitative estimate of drug-likeness (QED) is 0.919. The molecule has 1 aliphatic heterocycles. The molecule has 1 aromatic rings. The zero-order valence-corrected chi connectivity index (χ0v) is 11.9. The Labute approximate surface area is 116 Å². The van der Waals surface area contributed by atoms with E-state index in [0.717, 1.165) is 11.1 Å². The van der Waals surface area contributed by atoms with E-state index in [4.69, 9.17) is 5.11 Å². The van der Waals surface area contributed by atoms with Gasteiger partial charge in [0, 0.05) is 13.1 Å². The molecule has 102 valence electrons. The molecule has 1 heterocycles. The van der Waals surface area contributed by atoms with Crippen molar-refractivity contribution in [3.05, 3.63) is 34.9 Å². The smallest absolute Gasteiger partial charge is 0.335 e. The standard InChI is InChI=1S/C14H17NO3S/c1-9(2)19-8-13(16)15-6-11-4-3-10(14(17)18)5-12(11)7-15/h3-5,9H,6-8H2,1-2H3,(H,17,18). The number of benzene rings is 1. The van der Waals surface area contributed by atoms with Gasteiger partial charge in [0.05, 0.1) is 11.3 Å². The van der Waals surface area contributed by atoms with Crippen molar-refractivity contribution in [2.75, 3.05) is 5.75 Å². The lowest BCUT2D eigenvalue weighted by Gasteiger charge is -2.15. The van der Waals surface area contributed by atoms with Gasteiger partial charge in [0.25, 0.3) is 0 Å². The zero-order chi connectivity index (χ0) is 14.0. The van der Waals surface area contributed by atoms with E-state index in [1.54, 1.807) is 28.8 Å². The normalized spacial score (nSPS) is 13.7. The number of aromatic carboxylic acids is 1. The predicted molar refractivity (Wildman–Crippen MR) is 75.2 cm³/mol. The molecular weight excluding hydrogens is 262 g/mol. The molecule has 0 atom stereocenters. The number of hydrogen-bond donors (Lipinski definition) is 1. The fraction of sp³-hybridized carbons (Fsp3) is 0.429. The van der Waals surface area contributed by atoms with Crippen molar-refractivity contribution in [1.82, 2.24) is 4.90 Å². The van der Waals surface area contributed by atoms with E-state index in [1.807, 2.05) is 6.07 Å². The summed E-state index contributed by atoms with van der Waals surface area (Å²) in [7, 11) is 0. The van der Waals surface area contributed by atoms with Gasteiger partial charge in [0.2, 0.25) is 5.91 Å². The van der Waals surface area contributed by atoms with E-state index in [0.29, 0.717) is 24.1 Å². The lowest BCUT2D eigenvalue weighted by molar-refractivity contribution is -0.128. The van der Waals surface area contributed by atoms with E-state index in [2.05, 4.69) is 13.8 Å². The monoisotopic (exact) mass is 279 g/mol. The van der Waals surface area contributed by atoms with Gasteiger partial charge in [-0.3, -0.25) is 4.79 Å². The molecule has 0 bridgehead atoms. The minimum absolute atomic E-state index is 0.117. The Morgan fingerprint density at radius 1 is 1.32 bits per heavy atom.